The second-order valence-electron chi connectivity index (χ2n) is 4.61. The predicted molar refractivity (Wildman–Crippen MR) is 73.2 cm³/mol. The summed E-state index contributed by atoms with van der Waals surface area (Å²) in [6.07, 6.45) is 0. The molecule has 0 unspecified atom stereocenters. The summed E-state index contributed by atoms with van der Waals surface area (Å²) in [5.41, 5.74) is 0.169. The Labute approximate surface area is 125 Å². The van der Waals surface area contributed by atoms with Crippen molar-refractivity contribution < 1.29 is 24.0 Å². The molecule has 0 aliphatic carbocycles. The first-order valence-electron chi connectivity index (χ1n) is 6.40. The van der Waals surface area contributed by atoms with Gasteiger partial charge in [0, 0.05) is 24.7 Å². The van der Waals surface area contributed by atoms with Crippen LogP contribution < -0.4 is 5.32 Å². The van der Waals surface area contributed by atoms with Crippen molar-refractivity contribution in [3.05, 3.63) is 39.4 Å². The van der Waals surface area contributed by atoms with Gasteiger partial charge in [-0.2, -0.15) is 0 Å². The number of imide groups is 1. The molecule has 0 atom stereocenters. The Bertz CT molecular complexity index is 657. The van der Waals surface area contributed by atoms with Crippen molar-refractivity contribution >= 4 is 23.6 Å². The van der Waals surface area contributed by atoms with E-state index in [-0.39, 0.29) is 17.8 Å². The minimum absolute atomic E-state index is 0.0315. The Balaban J connectivity index is 2.00. The van der Waals surface area contributed by atoms with Crippen LogP contribution in [0.15, 0.2) is 18.2 Å². The molecule has 0 aromatic heterocycles. The highest BCUT2D eigenvalue weighted by Crippen LogP contribution is 2.19. The number of carbonyl (C=O) groups excluding carboxylic acids is 3. The number of amides is 3. The van der Waals surface area contributed by atoms with Crippen molar-refractivity contribution in [2.75, 3.05) is 19.7 Å². The van der Waals surface area contributed by atoms with Crippen molar-refractivity contribution in [3.8, 4) is 0 Å². The molecular weight excluding hydrogens is 294 g/mol. The predicted octanol–water partition coefficient (Wildman–Crippen LogP) is 0.612. The van der Waals surface area contributed by atoms with E-state index in [0.717, 1.165) is 11.0 Å². The number of nitro groups is 1. The first kappa shape index (κ1) is 15.4. The second kappa shape index (κ2) is 6.20. The molecule has 0 radical (unpaired) electrons. The van der Waals surface area contributed by atoms with E-state index in [1.54, 1.807) is 6.92 Å². The highest BCUT2D eigenvalue weighted by molar-refractivity contribution is 5.98. The van der Waals surface area contributed by atoms with Gasteiger partial charge in [0.2, 0.25) is 0 Å². The first-order chi connectivity index (χ1) is 10.4. The highest BCUT2D eigenvalue weighted by atomic mass is 16.6. The van der Waals surface area contributed by atoms with Crippen molar-refractivity contribution in [1.29, 1.82) is 0 Å². The molecule has 9 heteroatoms. The van der Waals surface area contributed by atoms with Crippen LogP contribution in [0.3, 0.4) is 0 Å². The van der Waals surface area contributed by atoms with Crippen LogP contribution in [0.2, 0.25) is 0 Å². The number of hydrogen-bond donors (Lipinski definition) is 1. The lowest BCUT2D eigenvalue weighted by Gasteiger charge is -2.12. The van der Waals surface area contributed by atoms with Gasteiger partial charge in [0.25, 0.3) is 11.6 Å². The Morgan fingerprint density at radius 1 is 1.45 bits per heavy atom. The number of nitrogens with one attached hydrogen (secondary N) is 1. The molecule has 1 aromatic carbocycles. The summed E-state index contributed by atoms with van der Waals surface area (Å²) in [5.74, 6) is -1.51. The number of hydrogen-bond acceptors (Lipinski definition) is 6. The quantitative estimate of drug-likeness (QED) is 0.494. The van der Waals surface area contributed by atoms with Crippen LogP contribution in [0.5, 0.6) is 0 Å². The Morgan fingerprint density at radius 3 is 2.77 bits per heavy atom. The van der Waals surface area contributed by atoms with Gasteiger partial charge >= 0.3 is 12.0 Å². The first-order valence-corrected chi connectivity index (χ1v) is 6.40. The Hall–Kier alpha value is -2.97. The van der Waals surface area contributed by atoms with Gasteiger partial charge in [-0.25, -0.2) is 9.59 Å². The standard InChI is InChI=1S/C13H13N3O6/c1-8-2-3-9(6-10(8)16(20)21)12(18)22-7-11(17)15-5-4-14-13(15)19/h2-3,6H,4-5,7H2,1H3,(H,14,19). The summed E-state index contributed by atoms with van der Waals surface area (Å²) in [6.45, 7) is 1.50. The number of nitrogens with zero attached hydrogens (tertiary/aromatic N) is 2. The van der Waals surface area contributed by atoms with Crippen LogP contribution >= 0.6 is 0 Å². The number of nitro benzene ring substituents is 1. The molecule has 1 fully saturated rings. The van der Waals surface area contributed by atoms with E-state index < -0.39 is 29.4 Å². The maximum Gasteiger partial charge on any atom is 0.338 e. The summed E-state index contributed by atoms with van der Waals surface area (Å²) in [7, 11) is 0. The van der Waals surface area contributed by atoms with Gasteiger partial charge in [-0.1, -0.05) is 6.07 Å². The van der Waals surface area contributed by atoms with Gasteiger partial charge in [0.1, 0.15) is 0 Å². The smallest absolute Gasteiger partial charge is 0.338 e. The molecule has 3 amide bonds. The molecule has 116 valence electrons. The third-order valence-electron chi connectivity index (χ3n) is 3.13. The fourth-order valence-electron chi connectivity index (χ4n) is 1.93. The van der Waals surface area contributed by atoms with Gasteiger partial charge in [0.05, 0.1) is 10.5 Å². The zero-order valence-corrected chi connectivity index (χ0v) is 11.7. The lowest BCUT2D eigenvalue weighted by molar-refractivity contribution is -0.385. The molecule has 2 rings (SSSR count). The van der Waals surface area contributed by atoms with E-state index in [0.29, 0.717) is 12.1 Å². The number of aryl methyl sites for hydroxylation is 1. The molecule has 1 heterocycles. The zero-order valence-electron chi connectivity index (χ0n) is 11.7. The lowest BCUT2D eigenvalue weighted by atomic mass is 10.1. The third-order valence-corrected chi connectivity index (χ3v) is 3.13. The van der Waals surface area contributed by atoms with Gasteiger partial charge in [-0.05, 0) is 13.0 Å². The Morgan fingerprint density at radius 2 is 2.18 bits per heavy atom. The maximum atomic E-state index is 11.8. The van der Waals surface area contributed by atoms with E-state index in [2.05, 4.69) is 5.32 Å². The summed E-state index contributed by atoms with van der Waals surface area (Å²) in [5, 5.41) is 13.3. The van der Waals surface area contributed by atoms with E-state index in [1.807, 2.05) is 0 Å². The largest absolute Gasteiger partial charge is 0.452 e. The fraction of sp³-hybridized carbons (Fsp3) is 0.308. The van der Waals surface area contributed by atoms with Crippen molar-refractivity contribution in [1.82, 2.24) is 10.2 Å². The number of ether oxygens (including phenoxy) is 1. The third kappa shape index (κ3) is 3.19. The minimum Gasteiger partial charge on any atom is -0.452 e. The molecular formula is C13H13N3O6. The summed E-state index contributed by atoms with van der Waals surface area (Å²) >= 11 is 0. The molecule has 1 N–H and O–H groups in total. The van der Waals surface area contributed by atoms with Gasteiger partial charge in [0.15, 0.2) is 6.61 Å². The molecule has 1 saturated heterocycles. The number of benzene rings is 1. The topological polar surface area (TPSA) is 119 Å². The molecule has 22 heavy (non-hydrogen) atoms. The number of rotatable bonds is 4. The van der Waals surface area contributed by atoms with Crippen molar-refractivity contribution in [2.24, 2.45) is 0 Å². The van der Waals surface area contributed by atoms with Crippen LogP contribution in [-0.4, -0.2) is 47.4 Å². The summed E-state index contributed by atoms with van der Waals surface area (Å²) in [4.78, 5) is 45.9. The van der Waals surface area contributed by atoms with E-state index in [4.69, 9.17) is 4.74 Å². The maximum absolute atomic E-state index is 11.8. The average Bonchev–Trinajstić information content (AvgIpc) is 2.90. The summed E-state index contributed by atoms with van der Waals surface area (Å²) in [6, 6.07) is 3.35. The number of carbonyl (C=O) groups is 3. The van der Waals surface area contributed by atoms with Crippen LogP contribution in [-0.2, 0) is 9.53 Å². The average molecular weight is 307 g/mol. The monoisotopic (exact) mass is 307 g/mol. The van der Waals surface area contributed by atoms with Crippen LogP contribution in [0.25, 0.3) is 0 Å². The van der Waals surface area contributed by atoms with E-state index >= 15 is 0 Å². The van der Waals surface area contributed by atoms with E-state index in [9.17, 15) is 24.5 Å². The Kier molecular flexibility index (Phi) is 4.35. The molecule has 9 nitrogen and oxygen atoms in total. The molecule has 1 aliphatic rings. The van der Waals surface area contributed by atoms with Crippen LogP contribution in [0.4, 0.5) is 10.5 Å². The van der Waals surface area contributed by atoms with Gasteiger partial charge < -0.3 is 10.1 Å². The SMILES string of the molecule is Cc1ccc(C(=O)OCC(=O)N2CCNC2=O)cc1[N+](=O)[O-]. The minimum atomic E-state index is -0.865. The molecule has 1 aromatic rings. The van der Waals surface area contributed by atoms with Gasteiger partial charge in [-0.15, -0.1) is 0 Å². The number of urea groups is 1. The number of esters is 1. The summed E-state index contributed by atoms with van der Waals surface area (Å²) < 4.78 is 4.79. The molecule has 1 aliphatic heterocycles. The molecule has 0 bridgehead atoms. The zero-order chi connectivity index (χ0) is 16.3. The van der Waals surface area contributed by atoms with Crippen molar-refractivity contribution in [2.45, 2.75) is 6.92 Å². The second-order valence-corrected chi connectivity index (χ2v) is 4.61. The normalized spacial score (nSPS) is 13.7. The van der Waals surface area contributed by atoms with Crippen molar-refractivity contribution in [3.63, 3.8) is 0 Å². The van der Waals surface area contributed by atoms with Crippen LogP contribution in [0, 0.1) is 17.0 Å². The van der Waals surface area contributed by atoms with Crippen LogP contribution in [0.1, 0.15) is 15.9 Å². The van der Waals surface area contributed by atoms with Gasteiger partial charge in [-0.3, -0.25) is 19.8 Å². The lowest BCUT2D eigenvalue weighted by Crippen LogP contribution is -2.37. The fourth-order valence-corrected chi connectivity index (χ4v) is 1.93. The molecule has 0 spiro atoms. The highest BCUT2D eigenvalue weighted by Gasteiger charge is 2.27. The van der Waals surface area contributed by atoms with E-state index in [1.165, 1.54) is 12.1 Å². The molecule has 0 saturated carbocycles.